The number of ether oxygens (including phenoxy) is 1. The molecule has 0 atom stereocenters. The van der Waals surface area contributed by atoms with Gasteiger partial charge < -0.3 is 86.7 Å². The number of nitrogens with one attached hydrogen (secondary N) is 1. The summed E-state index contributed by atoms with van der Waals surface area (Å²) in [5.41, 5.74) is 30.0. The van der Waals surface area contributed by atoms with Gasteiger partial charge in [0, 0.05) is 94.5 Å². The minimum Gasteiger partial charge on any atom is -1.00 e. The summed E-state index contributed by atoms with van der Waals surface area (Å²) >= 11 is 0. The number of hydrogen-bond acceptors (Lipinski definition) is 13. The van der Waals surface area contributed by atoms with Crippen molar-refractivity contribution in [1.29, 1.82) is 0 Å². The third-order valence-corrected chi connectivity index (χ3v) is 7.72. The van der Waals surface area contributed by atoms with E-state index >= 15 is 0 Å². The molecule has 0 fully saturated rings. The Hall–Kier alpha value is -3.16. The number of azo groups is 2. The summed E-state index contributed by atoms with van der Waals surface area (Å²) in [6, 6.07) is 15.4. The molecule has 0 amide bonds. The number of rotatable bonds is 19. The SMILES string of the molecule is COc1ccc(N=Nc2n(C)cc[n+]2C)cc1.Cn1cc[n+](C)c1N=Nc1ccc(NCCN(CCN)CCN)cc1.NCCN(CCN)CCN.[I-].[I-]. The monoisotopic (exact) mass is 976 g/mol. The van der Waals surface area contributed by atoms with E-state index in [4.69, 9.17) is 33.4 Å². The summed E-state index contributed by atoms with van der Waals surface area (Å²) in [5, 5.41) is 20.4. The lowest BCUT2D eigenvalue weighted by Crippen LogP contribution is -3.00. The molecule has 4 rings (SSSR count). The maximum Gasteiger partial charge on any atom is 0.421 e. The molecule has 11 N–H and O–H groups in total. The van der Waals surface area contributed by atoms with Crippen molar-refractivity contribution in [1.82, 2.24) is 18.9 Å². The predicted molar refractivity (Wildman–Crippen MR) is 208 cm³/mol. The Kier molecular flexibility index (Phi) is 28.3. The Bertz CT molecular complexity index is 1520. The smallest absolute Gasteiger partial charge is 0.421 e. The zero-order valence-corrected chi connectivity index (χ0v) is 36.8. The average molecular weight is 977 g/mol. The first-order valence-corrected chi connectivity index (χ1v) is 17.5. The van der Waals surface area contributed by atoms with Crippen LogP contribution >= 0.6 is 0 Å². The number of hydrogen-bond donors (Lipinski definition) is 6. The van der Waals surface area contributed by atoms with Gasteiger partial charge in [-0.25, -0.2) is 18.3 Å². The van der Waals surface area contributed by atoms with Crippen LogP contribution in [0.25, 0.3) is 0 Å². The fraction of sp³-hybridized carbons (Fsp3) is 0.486. The van der Waals surface area contributed by atoms with E-state index in [9.17, 15) is 0 Å². The third-order valence-electron chi connectivity index (χ3n) is 7.72. The zero-order chi connectivity index (χ0) is 38.1. The summed E-state index contributed by atoms with van der Waals surface area (Å²) in [6.07, 6.45) is 7.75. The summed E-state index contributed by atoms with van der Waals surface area (Å²) in [4.78, 5) is 4.43. The molecule has 2 heterocycles. The standard InChI is InChI=1S/C17H28N8.C12H15N4O.C6H18N4.2HI/c1-23-13-14-24(2)17(23)22-21-16-5-3-15(4-6-16)20-9-12-25(10-7-18)11-8-19;1-15-8-9-16(2)12(15)14-13-10-4-6-11(17-3)7-5-10;7-1-4-10(5-2-8)6-3-9;;/h3-6,13-14H,7-12,18-19H2,1-2H3;4-9H,1-3H3;1-9H2;2*1H/q;+1;;;/p-1. The lowest BCUT2D eigenvalue weighted by molar-refractivity contribution is -0.657. The highest BCUT2D eigenvalue weighted by Gasteiger charge is 2.11. The number of imidazole rings is 2. The number of methoxy groups -OCH3 is 1. The highest BCUT2D eigenvalue weighted by atomic mass is 127. The molecule has 0 aliphatic heterocycles. The maximum atomic E-state index is 5.62. The van der Waals surface area contributed by atoms with E-state index in [1.54, 1.807) is 7.11 Å². The number of nitrogens with two attached hydrogens (primary N) is 5. The van der Waals surface area contributed by atoms with Gasteiger partial charge in [-0.15, -0.1) is 0 Å². The van der Waals surface area contributed by atoms with Crippen LogP contribution in [-0.4, -0.2) is 105 Å². The van der Waals surface area contributed by atoms with E-state index in [1.807, 2.05) is 120 Å². The van der Waals surface area contributed by atoms with Gasteiger partial charge in [0.1, 0.15) is 17.1 Å². The second-order valence-electron chi connectivity index (χ2n) is 11.8. The van der Waals surface area contributed by atoms with Crippen molar-refractivity contribution >= 4 is 29.0 Å². The predicted octanol–water partition coefficient (Wildman–Crippen LogP) is -4.66. The van der Waals surface area contributed by atoms with Gasteiger partial charge in [0.2, 0.25) is 0 Å². The second-order valence-corrected chi connectivity index (χ2v) is 11.8. The molecule has 302 valence electrons. The number of nitrogens with zero attached hydrogens (tertiary/aromatic N) is 10. The van der Waals surface area contributed by atoms with E-state index in [0.29, 0.717) is 32.7 Å². The first-order valence-electron chi connectivity index (χ1n) is 17.5. The Morgan fingerprint density at radius 1 is 0.593 bits per heavy atom. The first kappa shape index (κ1) is 50.8. The molecule has 0 saturated carbocycles. The molecule has 0 bridgehead atoms. The fourth-order valence-corrected chi connectivity index (χ4v) is 4.89. The van der Waals surface area contributed by atoms with Crippen molar-refractivity contribution in [2.75, 3.05) is 91.0 Å². The molecule has 0 spiro atoms. The van der Waals surface area contributed by atoms with Crippen LogP contribution in [0.2, 0.25) is 0 Å². The van der Waals surface area contributed by atoms with Crippen LogP contribution in [0.5, 0.6) is 5.75 Å². The molecule has 0 aliphatic rings. The van der Waals surface area contributed by atoms with E-state index in [2.05, 4.69) is 35.6 Å². The molecule has 17 nitrogen and oxygen atoms in total. The lowest BCUT2D eigenvalue weighted by Gasteiger charge is -2.21. The molecule has 54 heavy (non-hydrogen) atoms. The molecular weight excluding hydrogens is 914 g/mol. The molecule has 2 aromatic heterocycles. The van der Waals surface area contributed by atoms with Crippen LogP contribution < -0.4 is 95.8 Å². The molecule has 0 saturated heterocycles. The second kappa shape index (κ2) is 30.1. The molecule has 0 radical (unpaired) electrons. The minimum absolute atomic E-state index is 0. The summed E-state index contributed by atoms with van der Waals surface area (Å²) in [6.45, 7) is 9.54. The Balaban J connectivity index is 0.000000841. The van der Waals surface area contributed by atoms with Gasteiger partial charge in [-0.3, -0.25) is 9.80 Å². The van der Waals surface area contributed by atoms with Crippen LogP contribution in [0, 0.1) is 0 Å². The number of aryl methyl sites for hydroxylation is 4. The van der Waals surface area contributed by atoms with Crippen LogP contribution in [-0.2, 0) is 28.2 Å². The third kappa shape index (κ3) is 19.4. The molecule has 0 unspecified atom stereocenters. The van der Waals surface area contributed by atoms with Crippen molar-refractivity contribution in [3.8, 4) is 5.75 Å². The van der Waals surface area contributed by atoms with E-state index in [0.717, 1.165) is 80.5 Å². The van der Waals surface area contributed by atoms with Crippen molar-refractivity contribution < 1.29 is 61.8 Å². The highest BCUT2D eigenvalue weighted by Crippen LogP contribution is 2.20. The Labute approximate surface area is 355 Å². The van der Waals surface area contributed by atoms with Gasteiger partial charge in [0.25, 0.3) is 0 Å². The Morgan fingerprint density at radius 3 is 1.30 bits per heavy atom. The van der Waals surface area contributed by atoms with Crippen LogP contribution in [0.1, 0.15) is 0 Å². The minimum atomic E-state index is 0. The zero-order valence-electron chi connectivity index (χ0n) is 32.4. The van der Waals surface area contributed by atoms with Crippen LogP contribution in [0.4, 0.5) is 29.0 Å². The maximum absolute atomic E-state index is 5.62. The Morgan fingerprint density at radius 2 is 0.963 bits per heavy atom. The van der Waals surface area contributed by atoms with Gasteiger partial charge in [0.05, 0.1) is 60.1 Å². The number of halogens is 2. The van der Waals surface area contributed by atoms with Gasteiger partial charge in [-0.1, -0.05) is 10.2 Å². The highest BCUT2D eigenvalue weighted by molar-refractivity contribution is 5.50. The van der Waals surface area contributed by atoms with Gasteiger partial charge in [0.15, 0.2) is 0 Å². The van der Waals surface area contributed by atoms with Gasteiger partial charge >= 0.3 is 11.9 Å². The van der Waals surface area contributed by atoms with E-state index in [-0.39, 0.29) is 48.0 Å². The van der Waals surface area contributed by atoms with Gasteiger partial charge in [-0.05, 0) is 48.5 Å². The molecule has 19 heteroatoms. The summed E-state index contributed by atoms with van der Waals surface area (Å²) in [7, 11) is 9.39. The topological polar surface area (TPSA) is 225 Å². The summed E-state index contributed by atoms with van der Waals surface area (Å²) in [5.74, 6) is 2.40. The van der Waals surface area contributed by atoms with Crippen LogP contribution in [0.15, 0.2) is 93.8 Å². The van der Waals surface area contributed by atoms with Crippen molar-refractivity contribution in [2.45, 2.75) is 0 Å². The molecule has 0 aliphatic carbocycles. The molecular formula is C35H62I2N16O. The van der Waals surface area contributed by atoms with Gasteiger partial charge in [-0.2, -0.15) is 0 Å². The number of aromatic nitrogens is 4. The first-order chi connectivity index (χ1) is 25.2. The molecule has 2 aromatic carbocycles. The van der Waals surface area contributed by atoms with Crippen molar-refractivity contribution in [3.63, 3.8) is 0 Å². The van der Waals surface area contributed by atoms with E-state index in [1.165, 1.54) is 0 Å². The number of benzene rings is 2. The summed E-state index contributed by atoms with van der Waals surface area (Å²) < 4.78 is 12.7. The average Bonchev–Trinajstić information content (AvgIpc) is 3.65. The van der Waals surface area contributed by atoms with Crippen LogP contribution in [0.3, 0.4) is 0 Å². The largest absolute Gasteiger partial charge is 1.00 e. The van der Waals surface area contributed by atoms with E-state index < -0.39 is 0 Å². The lowest BCUT2D eigenvalue weighted by atomic mass is 10.3. The fourth-order valence-electron chi connectivity index (χ4n) is 4.89. The number of anilines is 1. The normalized spacial score (nSPS) is 10.8. The van der Waals surface area contributed by atoms with Crippen molar-refractivity contribution in [3.05, 3.63) is 73.3 Å². The van der Waals surface area contributed by atoms with Crippen molar-refractivity contribution in [2.24, 2.45) is 77.3 Å². The molecule has 4 aromatic rings. The quantitative estimate of drug-likeness (QED) is 0.0302.